The summed E-state index contributed by atoms with van der Waals surface area (Å²) in [6.07, 6.45) is 4.11. The Kier molecular flexibility index (Phi) is 5.29. The summed E-state index contributed by atoms with van der Waals surface area (Å²) in [7, 11) is 3.19. The van der Waals surface area contributed by atoms with Crippen molar-refractivity contribution in [1.29, 1.82) is 0 Å². The second-order valence-electron chi connectivity index (χ2n) is 7.89. The van der Waals surface area contributed by atoms with Crippen LogP contribution >= 0.6 is 0 Å². The highest BCUT2D eigenvalue weighted by Gasteiger charge is 2.34. The molecular formula is C24H25NO6. The maximum Gasteiger partial charge on any atom is 0.231 e. The molecule has 0 bridgehead atoms. The van der Waals surface area contributed by atoms with Crippen molar-refractivity contribution < 1.29 is 28.5 Å². The van der Waals surface area contributed by atoms with Crippen LogP contribution in [0, 0.1) is 0 Å². The Labute approximate surface area is 181 Å². The molecule has 1 unspecified atom stereocenters. The molecule has 0 spiro atoms. The lowest BCUT2D eigenvalue weighted by atomic mass is 10.0. The molecule has 7 heteroatoms. The number of rotatable bonds is 5. The fourth-order valence-electron chi connectivity index (χ4n) is 4.29. The molecular weight excluding hydrogens is 398 g/mol. The van der Waals surface area contributed by atoms with Crippen LogP contribution in [0.3, 0.4) is 0 Å². The van der Waals surface area contributed by atoms with Gasteiger partial charge in [-0.3, -0.25) is 9.69 Å². The van der Waals surface area contributed by atoms with Crippen LogP contribution in [-0.4, -0.2) is 50.9 Å². The minimum atomic E-state index is -0.154. The highest BCUT2D eigenvalue weighted by Crippen LogP contribution is 2.42. The van der Waals surface area contributed by atoms with Gasteiger partial charge >= 0.3 is 0 Å². The van der Waals surface area contributed by atoms with Gasteiger partial charge < -0.3 is 23.7 Å². The van der Waals surface area contributed by atoms with Crippen LogP contribution < -0.4 is 18.9 Å². The van der Waals surface area contributed by atoms with Crippen LogP contribution in [-0.2, 0) is 11.3 Å². The van der Waals surface area contributed by atoms with Gasteiger partial charge in [0.15, 0.2) is 5.76 Å². The highest BCUT2D eigenvalue weighted by atomic mass is 16.5. The maximum atomic E-state index is 13.1. The Morgan fingerprint density at radius 3 is 2.87 bits per heavy atom. The first-order chi connectivity index (χ1) is 15.2. The van der Waals surface area contributed by atoms with E-state index in [1.165, 1.54) is 0 Å². The van der Waals surface area contributed by atoms with E-state index in [-0.39, 0.29) is 17.6 Å². The highest BCUT2D eigenvalue weighted by molar-refractivity contribution is 6.15. The molecule has 162 valence electrons. The Balaban J connectivity index is 1.43. The zero-order valence-corrected chi connectivity index (χ0v) is 17.7. The van der Waals surface area contributed by atoms with Gasteiger partial charge in [-0.2, -0.15) is 0 Å². The molecule has 31 heavy (non-hydrogen) atoms. The molecule has 0 aliphatic carbocycles. The summed E-state index contributed by atoms with van der Waals surface area (Å²) >= 11 is 0. The average molecular weight is 423 g/mol. The molecule has 0 radical (unpaired) electrons. The molecule has 0 saturated carbocycles. The number of Topliss-reactive ketones (excluding diaryl/α,β-unsaturated/α-hetero) is 1. The van der Waals surface area contributed by atoms with Crippen molar-refractivity contribution in [3.63, 3.8) is 0 Å². The second kappa shape index (κ2) is 8.24. The minimum Gasteiger partial charge on any atom is -0.497 e. The predicted molar refractivity (Wildman–Crippen MR) is 114 cm³/mol. The van der Waals surface area contributed by atoms with Crippen LogP contribution in [0.25, 0.3) is 6.08 Å². The SMILES string of the molecule is COc1ccc(OC)c(C=C2Oc3c(ccc4c3CN(CC3CCCO3)CO4)C2=O)c1. The van der Waals surface area contributed by atoms with Crippen LogP contribution in [0.15, 0.2) is 36.1 Å². The molecule has 7 nitrogen and oxygen atoms in total. The van der Waals surface area contributed by atoms with E-state index < -0.39 is 0 Å². The van der Waals surface area contributed by atoms with Crippen molar-refractivity contribution in [2.24, 2.45) is 0 Å². The fraction of sp³-hybridized carbons (Fsp3) is 0.375. The van der Waals surface area contributed by atoms with E-state index in [0.717, 1.165) is 37.3 Å². The molecule has 5 rings (SSSR count). The summed E-state index contributed by atoms with van der Waals surface area (Å²) in [5.41, 5.74) is 2.16. The molecule has 0 N–H and O–H groups in total. The minimum absolute atomic E-state index is 0.154. The predicted octanol–water partition coefficient (Wildman–Crippen LogP) is 3.65. The number of hydrogen-bond acceptors (Lipinski definition) is 7. The summed E-state index contributed by atoms with van der Waals surface area (Å²) in [4.78, 5) is 15.3. The van der Waals surface area contributed by atoms with Crippen molar-refractivity contribution in [2.45, 2.75) is 25.5 Å². The summed E-state index contributed by atoms with van der Waals surface area (Å²) in [5.74, 6) is 2.74. The summed E-state index contributed by atoms with van der Waals surface area (Å²) in [6, 6.07) is 9.05. The third-order valence-electron chi connectivity index (χ3n) is 5.89. The Bertz CT molecular complexity index is 1040. The van der Waals surface area contributed by atoms with Gasteiger partial charge in [0.25, 0.3) is 0 Å². The molecule has 3 heterocycles. The monoisotopic (exact) mass is 423 g/mol. The lowest BCUT2D eigenvalue weighted by Gasteiger charge is -2.31. The first kappa shape index (κ1) is 19.9. The lowest BCUT2D eigenvalue weighted by molar-refractivity contribution is 0.0274. The topological polar surface area (TPSA) is 66.5 Å². The fourth-order valence-corrected chi connectivity index (χ4v) is 4.29. The molecule has 3 aliphatic heterocycles. The lowest BCUT2D eigenvalue weighted by Crippen LogP contribution is -2.37. The van der Waals surface area contributed by atoms with E-state index in [1.54, 1.807) is 32.4 Å². The molecule has 1 fully saturated rings. The maximum absolute atomic E-state index is 13.1. The van der Waals surface area contributed by atoms with E-state index in [2.05, 4.69) is 4.90 Å². The van der Waals surface area contributed by atoms with E-state index >= 15 is 0 Å². The molecule has 3 aliphatic rings. The van der Waals surface area contributed by atoms with Crippen molar-refractivity contribution in [3.8, 4) is 23.0 Å². The number of methoxy groups -OCH3 is 2. The number of ether oxygens (including phenoxy) is 5. The van der Waals surface area contributed by atoms with Gasteiger partial charge in [-0.05, 0) is 49.2 Å². The van der Waals surface area contributed by atoms with Crippen molar-refractivity contribution in [2.75, 3.05) is 34.1 Å². The van der Waals surface area contributed by atoms with Crippen LogP contribution in [0.5, 0.6) is 23.0 Å². The molecule has 1 saturated heterocycles. The van der Waals surface area contributed by atoms with Crippen LogP contribution in [0.2, 0.25) is 0 Å². The number of ketones is 1. The smallest absolute Gasteiger partial charge is 0.231 e. The first-order valence-electron chi connectivity index (χ1n) is 10.4. The van der Waals surface area contributed by atoms with Crippen molar-refractivity contribution >= 4 is 11.9 Å². The standard InChI is InChI=1S/C24H25NO6/c1-27-16-5-7-20(28-2)15(10-16)11-22-23(26)18-6-8-21-19(24(18)31-22)13-25(14-30-21)12-17-4-3-9-29-17/h5-8,10-11,17H,3-4,9,12-14H2,1-2H3. The number of fused-ring (bicyclic) bond motifs is 3. The summed E-state index contributed by atoms with van der Waals surface area (Å²) in [5, 5.41) is 0. The molecule has 0 amide bonds. The summed E-state index contributed by atoms with van der Waals surface area (Å²) in [6.45, 7) is 2.79. The van der Waals surface area contributed by atoms with E-state index in [0.29, 0.717) is 41.7 Å². The van der Waals surface area contributed by atoms with Crippen molar-refractivity contribution in [3.05, 3.63) is 52.8 Å². The molecule has 2 aromatic rings. The van der Waals surface area contributed by atoms with Gasteiger partial charge in [-0.1, -0.05) is 0 Å². The number of hydrogen-bond donors (Lipinski definition) is 0. The zero-order valence-electron chi connectivity index (χ0n) is 17.7. The van der Waals surface area contributed by atoms with E-state index in [1.807, 2.05) is 18.2 Å². The normalized spacial score (nSPS) is 21.4. The molecule has 0 aromatic heterocycles. The number of carbonyl (C=O) groups is 1. The van der Waals surface area contributed by atoms with E-state index in [9.17, 15) is 4.79 Å². The Hall–Kier alpha value is -3.03. The first-order valence-corrected chi connectivity index (χ1v) is 10.4. The third-order valence-corrected chi connectivity index (χ3v) is 5.89. The average Bonchev–Trinajstić information content (AvgIpc) is 3.42. The number of nitrogens with zero attached hydrogens (tertiary/aromatic N) is 1. The number of benzene rings is 2. The van der Waals surface area contributed by atoms with E-state index in [4.69, 9.17) is 23.7 Å². The largest absolute Gasteiger partial charge is 0.497 e. The quantitative estimate of drug-likeness (QED) is 0.680. The van der Waals surface area contributed by atoms with Gasteiger partial charge in [0, 0.05) is 25.3 Å². The molecule has 1 atom stereocenters. The second-order valence-corrected chi connectivity index (χ2v) is 7.89. The van der Waals surface area contributed by atoms with Gasteiger partial charge in [-0.25, -0.2) is 0 Å². The van der Waals surface area contributed by atoms with Gasteiger partial charge in [-0.15, -0.1) is 0 Å². The van der Waals surface area contributed by atoms with Gasteiger partial charge in [0.05, 0.1) is 31.5 Å². The Morgan fingerprint density at radius 1 is 1.19 bits per heavy atom. The summed E-state index contributed by atoms with van der Waals surface area (Å²) < 4.78 is 28.5. The third kappa shape index (κ3) is 3.75. The number of carbonyl (C=O) groups excluding carboxylic acids is 1. The van der Waals surface area contributed by atoms with Crippen LogP contribution in [0.1, 0.15) is 34.3 Å². The number of allylic oxidation sites excluding steroid dienone is 1. The van der Waals surface area contributed by atoms with Crippen molar-refractivity contribution in [1.82, 2.24) is 4.90 Å². The van der Waals surface area contributed by atoms with Gasteiger partial charge in [0.2, 0.25) is 5.78 Å². The van der Waals surface area contributed by atoms with Gasteiger partial charge in [0.1, 0.15) is 29.7 Å². The van der Waals surface area contributed by atoms with Crippen LogP contribution in [0.4, 0.5) is 0 Å². The Morgan fingerprint density at radius 2 is 2.10 bits per heavy atom. The molecule has 2 aromatic carbocycles. The zero-order chi connectivity index (χ0) is 21.4.